The van der Waals surface area contributed by atoms with Gasteiger partial charge < -0.3 is 15.4 Å². The first-order chi connectivity index (χ1) is 10.1. The van der Waals surface area contributed by atoms with Gasteiger partial charge in [-0.15, -0.1) is 0 Å². The minimum atomic E-state index is -0.362. The molecule has 2 N–H and O–H groups in total. The summed E-state index contributed by atoms with van der Waals surface area (Å²) in [5.41, 5.74) is 6.29. The molecule has 2 aliphatic rings. The highest BCUT2D eigenvalue weighted by Crippen LogP contribution is 2.48. The fourth-order valence-corrected chi connectivity index (χ4v) is 4.75. The number of fused-ring (bicyclic) bond motifs is 2. The molecule has 3 rings (SSSR count). The molecule has 5 nitrogen and oxygen atoms in total. The molecule has 2 fully saturated rings. The van der Waals surface area contributed by atoms with E-state index in [1.165, 1.54) is 37.2 Å². The maximum atomic E-state index is 12.1. The van der Waals surface area contributed by atoms with Crippen molar-refractivity contribution in [3.8, 4) is 0 Å². The van der Waals surface area contributed by atoms with E-state index in [4.69, 9.17) is 10.5 Å². The van der Waals surface area contributed by atoms with Crippen LogP contribution in [0, 0.1) is 17.8 Å². The molecule has 116 valence electrons. The summed E-state index contributed by atoms with van der Waals surface area (Å²) < 4.78 is 9.24. The molecule has 0 amide bonds. The fourth-order valence-electron chi connectivity index (χ4n) is 3.98. The maximum absolute atomic E-state index is 12.1. The van der Waals surface area contributed by atoms with E-state index in [-0.39, 0.29) is 11.8 Å². The molecule has 1 aromatic rings. The summed E-state index contributed by atoms with van der Waals surface area (Å²) in [6, 6.07) is 0. The molecule has 3 unspecified atom stereocenters. The van der Waals surface area contributed by atoms with Crippen LogP contribution >= 0.6 is 11.5 Å². The first-order valence-electron chi connectivity index (χ1n) is 7.73. The second-order valence-electron chi connectivity index (χ2n) is 6.28. The van der Waals surface area contributed by atoms with Crippen molar-refractivity contribution in [3.05, 3.63) is 5.56 Å². The van der Waals surface area contributed by atoms with Crippen molar-refractivity contribution in [1.82, 2.24) is 4.37 Å². The summed E-state index contributed by atoms with van der Waals surface area (Å²) in [5, 5.41) is 0.841. The minimum Gasteiger partial charge on any atom is -0.462 e. The van der Waals surface area contributed by atoms with Crippen LogP contribution in [0.3, 0.4) is 0 Å². The van der Waals surface area contributed by atoms with Crippen LogP contribution in [-0.2, 0) is 4.74 Å². The van der Waals surface area contributed by atoms with Crippen molar-refractivity contribution in [2.75, 3.05) is 30.8 Å². The Morgan fingerprint density at radius 2 is 2.29 bits per heavy atom. The number of carbonyl (C=O) groups excluding carboxylic acids is 1. The smallest absolute Gasteiger partial charge is 0.345 e. The molecular formula is C15H23N3O2S. The normalized spacial score (nSPS) is 27.0. The zero-order valence-corrected chi connectivity index (χ0v) is 13.5. The van der Waals surface area contributed by atoms with Gasteiger partial charge in [0.25, 0.3) is 0 Å². The Balaban J connectivity index is 1.72. The largest absolute Gasteiger partial charge is 0.462 e. The van der Waals surface area contributed by atoms with Gasteiger partial charge in [-0.25, -0.2) is 4.79 Å². The Hall–Kier alpha value is -1.30. The lowest BCUT2D eigenvalue weighted by atomic mass is 9.88. The quantitative estimate of drug-likeness (QED) is 0.847. The summed E-state index contributed by atoms with van der Waals surface area (Å²) in [5.74, 6) is 2.47. The first-order valence-corrected chi connectivity index (χ1v) is 8.50. The Kier molecular flexibility index (Phi) is 4.06. The summed E-state index contributed by atoms with van der Waals surface area (Å²) in [6.07, 6.45) is 5.51. The number of carbonyl (C=O) groups is 1. The molecule has 2 aliphatic carbocycles. The number of aromatic nitrogens is 1. The number of rotatable bonds is 5. The lowest BCUT2D eigenvalue weighted by Gasteiger charge is -2.27. The molecule has 21 heavy (non-hydrogen) atoms. The van der Waals surface area contributed by atoms with E-state index in [0.29, 0.717) is 12.2 Å². The standard InChI is InChI=1S/C15H23N3O2S/c1-3-20-15(19)12-13(16)17-21-14(12)18(2)8-11-7-9-4-5-10(11)6-9/h9-11H,3-8H2,1-2H3,(H2,16,17). The number of hydrogen-bond donors (Lipinski definition) is 1. The van der Waals surface area contributed by atoms with E-state index in [1.807, 2.05) is 7.05 Å². The van der Waals surface area contributed by atoms with E-state index in [0.717, 1.165) is 29.3 Å². The van der Waals surface area contributed by atoms with Crippen molar-refractivity contribution in [3.63, 3.8) is 0 Å². The van der Waals surface area contributed by atoms with E-state index in [1.54, 1.807) is 6.92 Å². The predicted molar refractivity (Wildman–Crippen MR) is 84.7 cm³/mol. The third-order valence-corrected chi connectivity index (χ3v) is 5.90. The summed E-state index contributed by atoms with van der Waals surface area (Å²) >= 11 is 1.29. The summed E-state index contributed by atoms with van der Waals surface area (Å²) in [7, 11) is 2.03. The number of nitrogens with zero attached hydrogens (tertiary/aromatic N) is 2. The fraction of sp³-hybridized carbons (Fsp3) is 0.733. The van der Waals surface area contributed by atoms with Crippen LogP contribution in [0.15, 0.2) is 0 Å². The molecule has 0 aliphatic heterocycles. The Bertz CT molecular complexity index is 531. The average molecular weight is 309 g/mol. The third-order valence-electron chi connectivity index (χ3n) is 4.92. The summed E-state index contributed by atoms with van der Waals surface area (Å²) in [6.45, 7) is 3.13. The third kappa shape index (κ3) is 2.73. The lowest BCUT2D eigenvalue weighted by Crippen LogP contribution is -2.29. The Morgan fingerprint density at radius 1 is 1.48 bits per heavy atom. The molecule has 3 atom stereocenters. The topological polar surface area (TPSA) is 68.5 Å². The van der Waals surface area contributed by atoms with Gasteiger partial charge in [-0.1, -0.05) is 6.42 Å². The van der Waals surface area contributed by atoms with Crippen molar-refractivity contribution in [2.45, 2.75) is 32.6 Å². The second-order valence-corrected chi connectivity index (χ2v) is 7.04. The molecule has 6 heteroatoms. The van der Waals surface area contributed by atoms with Crippen LogP contribution < -0.4 is 10.6 Å². The van der Waals surface area contributed by atoms with E-state index >= 15 is 0 Å². The highest BCUT2D eigenvalue weighted by atomic mass is 32.1. The number of anilines is 2. The number of hydrogen-bond acceptors (Lipinski definition) is 6. The Morgan fingerprint density at radius 3 is 2.90 bits per heavy atom. The molecule has 2 saturated carbocycles. The zero-order chi connectivity index (χ0) is 15.0. The average Bonchev–Trinajstić information content (AvgIpc) is 3.13. The molecule has 0 radical (unpaired) electrons. The lowest BCUT2D eigenvalue weighted by molar-refractivity contribution is 0.0528. The SMILES string of the molecule is CCOC(=O)c1c(N)nsc1N(C)CC1CC2CCC1C2. The van der Waals surface area contributed by atoms with Gasteiger partial charge in [0.15, 0.2) is 5.82 Å². The maximum Gasteiger partial charge on any atom is 0.345 e. The number of nitrogen functional groups attached to an aromatic ring is 1. The van der Waals surface area contributed by atoms with Crippen LogP contribution in [0.2, 0.25) is 0 Å². The van der Waals surface area contributed by atoms with Gasteiger partial charge in [-0.3, -0.25) is 0 Å². The molecular weight excluding hydrogens is 286 g/mol. The van der Waals surface area contributed by atoms with Crippen LogP contribution in [0.4, 0.5) is 10.8 Å². The van der Waals surface area contributed by atoms with Gasteiger partial charge >= 0.3 is 5.97 Å². The molecule has 2 bridgehead atoms. The van der Waals surface area contributed by atoms with Crippen LogP contribution in [0.25, 0.3) is 0 Å². The second kappa shape index (κ2) is 5.83. The van der Waals surface area contributed by atoms with Gasteiger partial charge in [-0.2, -0.15) is 4.37 Å². The highest BCUT2D eigenvalue weighted by molar-refractivity contribution is 7.11. The molecule has 0 spiro atoms. The Labute approximate surface area is 129 Å². The highest BCUT2D eigenvalue weighted by Gasteiger charge is 2.40. The number of ether oxygens (including phenoxy) is 1. The molecule has 0 saturated heterocycles. The minimum absolute atomic E-state index is 0.285. The van der Waals surface area contributed by atoms with Crippen LogP contribution in [-0.4, -0.2) is 30.5 Å². The number of nitrogens with two attached hydrogens (primary N) is 1. The molecule has 1 heterocycles. The van der Waals surface area contributed by atoms with E-state index in [9.17, 15) is 4.79 Å². The van der Waals surface area contributed by atoms with Gasteiger partial charge in [0.05, 0.1) is 6.61 Å². The predicted octanol–water partition coefficient (Wildman–Crippen LogP) is 2.77. The summed E-state index contributed by atoms with van der Waals surface area (Å²) in [4.78, 5) is 14.2. The van der Waals surface area contributed by atoms with E-state index < -0.39 is 0 Å². The molecule has 0 aromatic carbocycles. The van der Waals surface area contributed by atoms with Gasteiger partial charge in [0.2, 0.25) is 0 Å². The van der Waals surface area contributed by atoms with Gasteiger partial charge in [0, 0.05) is 13.6 Å². The van der Waals surface area contributed by atoms with Crippen molar-refractivity contribution >= 4 is 28.3 Å². The monoisotopic (exact) mass is 309 g/mol. The first kappa shape index (κ1) is 14.6. The van der Waals surface area contributed by atoms with Crippen LogP contribution in [0.1, 0.15) is 43.0 Å². The van der Waals surface area contributed by atoms with Crippen molar-refractivity contribution < 1.29 is 9.53 Å². The number of esters is 1. The van der Waals surface area contributed by atoms with Gasteiger partial charge in [-0.05, 0) is 55.5 Å². The molecule has 1 aromatic heterocycles. The van der Waals surface area contributed by atoms with E-state index in [2.05, 4.69) is 9.27 Å². The van der Waals surface area contributed by atoms with Crippen molar-refractivity contribution in [2.24, 2.45) is 17.8 Å². The van der Waals surface area contributed by atoms with Gasteiger partial charge in [0.1, 0.15) is 10.6 Å². The van der Waals surface area contributed by atoms with Crippen LogP contribution in [0.5, 0.6) is 0 Å². The van der Waals surface area contributed by atoms with Crippen molar-refractivity contribution in [1.29, 1.82) is 0 Å². The zero-order valence-electron chi connectivity index (χ0n) is 12.7.